The lowest BCUT2D eigenvalue weighted by Crippen LogP contribution is -2.36. The number of rotatable bonds is 4. The second-order valence-corrected chi connectivity index (χ2v) is 7.34. The van der Waals surface area contributed by atoms with Crippen LogP contribution in [0.1, 0.15) is 30.7 Å². The van der Waals surface area contributed by atoms with Crippen molar-refractivity contribution in [2.24, 2.45) is 7.05 Å². The summed E-state index contributed by atoms with van der Waals surface area (Å²) < 4.78 is 1.59. The molecule has 0 spiro atoms. The molecular weight excluding hydrogens is 306 g/mol. The molecule has 0 radical (unpaired) electrons. The Morgan fingerprint density at radius 2 is 2.43 bits per heavy atom. The molecule has 1 amide bonds. The molecule has 2 unspecified atom stereocenters. The Hall–Kier alpha value is -1.41. The van der Waals surface area contributed by atoms with Crippen molar-refractivity contribution in [3.05, 3.63) is 22.4 Å². The fraction of sp³-hybridized carbons (Fsp3) is 0.538. The van der Waals surface area contributed by atoms with Gasteiger partial charge in [-0.15, -0.1) is 16.4 Å². The Morgan fingerprint density at radius 3 is 3.10 bits per heavy atom. The van der Waals surface area contributed by atoms with Crippen molar-refractivity contribution >= 4 is 29.0 Å². The van der Waals surface area contributed by atoms with Gasteiger partial charge in [-0.25, -0.2) is 4.68 Å². The average molecular weight is 323 g/mol. The highest BCUT2D eigenvalue weighted by atomic mass is 32.2. The molecular formula is C13H17N5OS2. The van der Waals surface area contributed by atoms with E-state index in [0.717, 1.165) is 19.4 Å². The molecule has 112 valence electrons. The van der Waals surface area contributed by atoms with Gasteiger partial charge in [0.1, 0.15) is 0 Å². The van der Waals surface area contributed by atoms with E-state index < -0.39 is 0 Å². The Labute approximate surface area is 131 Å². The Morgan fingerprint density at radius 1 is 1.57 bits per heavy atom. The molecule has 0 saturated carbocycles. The summed E-state index contributed by atoms with van der Waals surface area (Å²) >= 11 is 3.13. The van der Waals surface area contributed by atoms with Gasteiger partial charge < -0.3 is 4.90 Å². The number of likely N-dealkylation sites (tertiary alicyclic amines) is 1. The Bertz CT molecular complexity index is 612. The van der Waals surface area contributed by atoms with Crippen LogP contribution in [0, 0.1) is 0 Å². The number of hydrogen-bond acceptors (Lipinski definition) is 6. The van der Waals surface area contributed by atoms with Crippen molar-refractivity contribution in [2.75, 3.05) is 6.54 Å². The maximum atomic E-state index is 12.7. The molecule has 6 nitrogen and oxygen atoms in total. The number of hydrogen-bond donors (Lipinski definition) is 0. The smallest absolute Gasteiger partial charge is 0.236 e. The zero-order valence-electron chi connectivity index (χ0n) is 12.0. The maximum absolute atomic E-state index is 12.7. The molecule has 0 aliphatic carbocycles. The van der Waals surface area contributed by atoms with Crippen molar-refractivity contribution in [1.82, 2.24) is 25.1 Å². The quantitative estimate of drug-likeness (QED) is 0.807. The number of thioether (sulfide) groups is 1. The number of thiophene rings is 1. The van der Waals surface area contributed by atoms with Crippen LogP contribution in [0.25, 0.3) is 0 Å². The summed E-state index contributed by atoms with van der Waals surface area (Å²) in [5.41, 5.74) is 0. The van der Waals surface area contributed by atoms with Crippen LogP contribution in [-0.4, -0.2) is 42.8 Å². The van der Waals surface area contributed by atoms with E-state index in [1.54, 1.807) is 23.1 Å². The number of amides is 1. The van der Waals surface area contributed by atoms with Gasteiger partial charge in [-0.2, -0.15) is 0 Å². The molecule has 1 aliphatic rings. The van der Waals surface area contributed by atoms with Gasteiger partial charge in [0.15, 0.2) is 0 Å². The highest BCUT2D eigenvalue weighted by molar-refractivity contribution is 8.00. The van der Waals surface area contributed by atoms with Crippen LogP contribution in [0.5, 0.6) is 0 Å². The van der Waals surface area contributed by atoms with Crippen LogP contribution in [0.3, 0.4) is 0 Å². The fourth-order valence-electron chi connectivity index (χ4n) is 2.57. The molecule has 1 aliphatic heterocycles. The van der Waals surface area contributed by atoms with Crippen molar-refractivity contribution in [3.8, 4) is 0 Å². The number of tetrazole rings is 1. The maximum Gasteiger partial charge on any atom is 0.236 e. The van der Waals surface area contributed by atoms with Crippen LogP contribution in [0.15, 0.2) is 22.7 Å². The van der Waals surface area contributed by atoms with E-state index in [2.05, 4.69) is 27.0 Å². The topological polar surface area (TPSA) is 63.9 Å². The normalized spacial score (nSPS) is 19.9. The van der Waals surface area contributed by atoms with Gasteiger partial charge in [0.05, 0.1) is 11.3 Å². The van der Waals surface area contributed by atoms with Gasteiger partial charge in [-0.3, -0.25) is 4.79 Å². The van der Waals surface area contributed by atoms with Crippen molar-refractivity contribution in [1.29, 1.82) is 0 Å². The van der Waals surface area contributed by atoms with Crippen LogP contribution < -0.4 is 0 Å². The predicted octanol–water partition coefficient (Wildman–Crippen LogP) is 2.12. The standard InChI is InChI=1S/C13H17N5OS2/c1-9(21-13-14-15-16-17(13)2)12(19)18-7-3-5-10(18)11-6-4-8-20-11/h4,6,8-10H,3,5,7H2,1-2H3. The van der Waals surface area contributed by atoms with E-state index in [1.165, 1.54) is 16.6 Å². The van der Waals surface area contributed by atoms with Gasteiger partial charge in [-0.1, -0.05) is 17.8 Å². The third kappa shape index (κ3) is 2.96. The Kier molecular flexibility index (Phi) is 4.25. The van der Waals surface area contributed by atoms with E-state index in [1.807, 2.05) is 17.9 Å². The number of carbonyl (C=O) groups excluding carboxylic acids is 1. The van der Waals surface area contributed by atoms with E-state index >= 15 is 0 Å². The van der Waals surface area contributed by atoms with Gasteiger partial charge in [0, 0.05) is 18.5 Å². The van der Waals surface area contributed by atoms with E-state index in [4.69, 9.17) is 0 Å². The first kappa shape index (κ1) is 14.5. The minimum atomic E-state index is -0.185. The monoisotopic (exact) mass is 323 g/mol. The predicted molar refractivity (Wildman–Crippen MR) is 82.1 cm³/mol. The molecule has 3 rings (SSSR count). The summed E-state index contributed by atoms with van der Waals surface area (Å²) in [7, 11) is 1.78. The van der Waals surface area contributed by atoms with Gasteiger partial charge in [0.2, 0.25) is 11.1 Å². The van der Waals surface area contributed by atoms with E-state index in [-0.39, 0.29) is 17.2 Å². The first-order valence-electron chi connectivity index (χ1n) is 6.89. The molecule has 3 heterocycles. The fourth-order valence-corrected chi connectivity index (χ4v) is 4.27. The number of aryl methyl sites for hydroxylation is 1. The summed E-state index contributed by atoms with van der Waals surface area (Å²) in [4.78, 5) is 16.0. The lowest BCUT2D eigenvalue weighted by Gasteiger charge is -2.26. The second-order valence-electron chi connectivity index (χ2n) is 5.05. The molecule has 1 saturated heterocycles. The molecule has 21 heavy (non-hydrogen) atoms. The molecule has 0 aromatic carbocycles. The second kappa shape index (κ2) is 6.15. The van der Waals surface area contributed by atoms with Gasteiger partial charge in [0.25, 0.3) is 0 Å². The summed E-state index contributed by atoms with van der Waals surface area (Å²) in [6.07, 6.45) is 2.12. The lowest BCUT2D eigenvalue weighted by atomic mass is 10.2. The van der Waals surface area contributed by atoms with E-state index in [9.17, 15) is 4.79 Å². The number of carbonyl (C=O) groups is 1. The zero-order valence-corrected chi connectivity index (χ0v) is 13.6. The molecule has 2 aromatic rings. The minimum absolute atomic E-state index is 0.166. The van der Waals surface area contributed by atoms with Crippen LogP contribution >= 0.6 is 23.1 Å². The van der Waals surface area contributed by atoms with Gasteiger partial charge >= 0.3 is 0 Å². The van der Waals surface area contributed by atoms with Gasteiger partial charge in [-0.05, 0) is 41.6 Å². The zero-order chi connectivity index (χ0) is 14.8. The van der Waals surface area contributed by atoms with Crippen LogP contribution in [0.2, 0.25) is 0 Å². The summed E-state index contributed by atoms with van der Waals surface area (Å²) in [6, 6.07) is 4.40. The highest BCUT2D eigenvalue weighted by Crippen LogP contribution is 2.36. The van der Waals surface area contributed by atoms with Crippen LogP contribution in [0.4, 0.5) is 0 Å². The van der Waals surface area contributed by atoms with Crippen molar-refractivity contribution < 1.29 is 4.79 Å². The van der Waals surface area contributed by atoms with Crippen molar-refractivity contribution in [3.63, 3.8) is 0 Å². The number of nitrogens with zero attached hydrogens (tertiary/aromatic N) is 5. The first-order valence-corrected chi connectivity index (χ1v) is 8.65. The highest BCUT2D eigenvalue weighted by Gasteiger charge is 2.33. The third-order valence-corrected chi connectivity index (χ3v) is 5.70. The molecule has 2 atom stereocenters. The largest absolute Gasteiger partial charge is 0.334 e. The lowest BCUT2D eigenvalue weighted by molar-refractivity contribution is -0.131. The summed E-state index contributed by atoms with van der Waals surface area (Å²) in [5.74, 6) is 0.166. The summed E-state index contributed by atoms with van der Waals surface area (Å²) in [5, 5.41) is 13.9. The van der Waals surface area contributed by atoms with E-state index in [0.29, 0.717) is 5.16 Å². The molecule has 8 heteroatoms. The molecule has 0 bridgehead atoms. The van der Waals surface area contributed by atoms with Crippen molar-refractivity contribution in [2.45, 2.75) is 36.2 Å². The number of aromatic nitrogens is 4. The molecule has 1 fully saturated rings. The van der Waals surface area contributed by atoms with Crippen LogP contribution in [-0.2, 0) is 11.8 Å². The SMILES string of the molecule is CC(Sc1nnnn1C)C(=O)N1CCCC1c1cccs1. The molecule has 2 aromatic heterocycles. The average Bonchev–Trinajstić information content (AvgIpc) is 3.18. The minimum Gasteiger partial charge on any atom is -0.334 e. The molecule has 0 N–H and O–H groups in total. The third-order valence-electron chi connectivity index (χ3n) is 3.62. The Balaban J connectivity index is 1.70. The first-order chi connectivity index (χ1) is 10.2. The summed E-state index contributed by atoms with van der Waals surface area (Å²) in [6.45, 7) is 2.76.